The lowest BCUT2D eigenvalue weighted by molar-refractivity contribution is -0.133. The number of rotatable bonds is 2. The van der Waals surface area contributed by atoms with Crippen molar-refractivity contribution in [1.29, 1.82) is 5.26 Å². The van der Waals surface area contributed by atoms with E-state index in [1.54, 1.807) is 38.1 Å². The number of amides is 1. The lowest BCUT2D eigenvalue weighted by Crippen LogP contribution is -2.34. The van der Waals surface area contributed by atoms with Crippen LogP contribution in [0, 0.1) is 16.7 Å². The fourth-order valence-corrected chi connectivity index (χ4v) is 2.49. The van der Waals surface area contributed by atoms with E-state index in [0.29, 0.717) is 11.3 Å². The second-order valence-corrected chi connectivity index (χ2v) is 5.57. The highest BCUT2D eigenvalue weighted by Crippen LogP contribution is 2.40. The Kier molecular flexibility index (Phi) is 3.03. The molecule has 1 aliphatic heterocycles. The molecule has 1 amide bonds. The number of Topliss-reactive ketones (excluding diaryl/α,β-unsaturated/α-hetero) is 1. The largest absolute Gasteiger partial charge is 0.294 e. The molecule has 1 atom stereocenters. The Balaban J connectivity index is 2.11. The number of benzene rings is 1. The maximum atomic E-state index is 12.7. The Labute approximate surface area is 126 Å². The lowest BCUT2D eigenvalue weighted by atomic mass is 9.90. The molecule has 0 spiro atoms. The molecule has 1 saturated heterocycles. The van der Waals surface area contributed by atoms with Crippen LogP contribution in [0.2, 0.25) is 0 Å². The van der Waals surface area contributed by atoms with Gasteiger partial charge in [0, 0.05) is 5.69 Å². The normalized spacial score (nSPS) is 20.2. The quantitative estimate of drug-likeness (QED) is 0.778. The van der Waals surface area contributed by atoms with Crippen LogP contribution in [0.25, 0.3) is 0 Å². The summed E-state index contributed by atoms with van der Waals surface area (Å²) in [5.41, 5.74) is -0.105. The van der Waals surface area contributed by atoms with E-state index in [-0.39, 0.29) is 11.7 Å². The van der Waals surface area contributed by atoms with Crippen molar-refractivity contribution in [1.82, 2.24) is 14.8 Å². The van der Waals surface area contributed by atoms with Crippen LogP contribution in [0.15, 0.2) is 36.9 Å². The lowest BCUT2D eigenvalue weighted by Gasteiger charge is -2.23. The van der Waals surface area contributed by atoms with Crippen molar-refractivity contribution in [2.24, 2.45) is 5.41 Å². The molecule has 0 N–H and O–H groups in total. The topological polar surface area (TPSA) is 91.9 Å². The molecular formula is C15H13N5O2. The molecule has 2 heterocycles. The second kappa shape index (κ2) is 4.77. The van der Waals surface area contributed by atoms with Gasteiger partial charge in [-0.2, -0.15) is 10.4 Å². The summed E-state index contributed by atoms with van der Waals surface area (Å²) in [5, 5.41) is 12.9. The Morgan fingerprint density at radius 3 is 2.45 bits per heavy atom. The van der Waals surface area contributed by atoms with Crippen LogP contribution in [0.4, 0.5) is 5.69 Å². The van der Waals surface area contributed by atoms with Crippen LogP contribution < -0.4 is 4.90 Å². The third kappa shape index (κ3) is 1.89. The Bertz CT molecular complexity index is 771. The Morgan fingerprint density at radius 1 is 1.23 bits per heavy atom. The first-order chi connectivity index (χ1) is 10.5. The van der Waals surface area contributed by atoms with Crippen molar-refractivity contribution in [3.8, 4) is 6.07 Å². The maximum absolute atomic E-state index is 12.7. The van der Waals surface area contributed by atoms with E-state index >= 15 is 0 Å². The van der Waals surface area contributed by atoms with Crippen molar-refractivity contribution >= 4 is 17.4 Å². The highest BCUT2D eigenvalue weighted by Gasteiger charge is 2.54. The predicted molar refractivity (Wildman–Crippen MR) is 76.5 cm³/mol. The summed E-state index contributed by atoms with van der Waals surface area (Å²) in [6.45, 7) is 3.20. The molecule has 0 radical (unpaired) electrons. The molecule has 7 nitrogen and oxygen atoms in total. The number of carbonyl (C=O) groups is 2. The van der Waals surface area contributed by atoms with Gasteiger partial charge in [-0.3, -0.25) is 14.5 Å². The van der Waals surface area contributed by atoms with Crippen LogP contribution >= 0.6 is 0 Å². The van der Waals surface area contributed by atoms with E-state index in [1.807, 2.05) is 6.07 Å². The molecular weight excluding hydrogens is 282 g/mol. The summed E-state index contributed by atoms with van der Waals surface area (Å²) in [6.07, 6.45) is 1.87. The summed E-state index contributed by atoms with van der Waals surface area (Å²) in [6, 6.07) is 8.53. The first-order valence-corrected chi connectivity index (χ1v) is 6.69. The van der Waals surface area contributed by atoms with Gasteiger partial charge in [0.25, 0.3) is 0 Å². The molecule has 1 aliphatic rings. The van der Waals surface area contributed by atoms with Crippen LogP contribution in [0.3, 0.4) is 0 Å². The van der Waals surface area contributed by atoms with Crippen molar-refractivity contribution < 1.29 is 9.59 Å². The zero-order valence-corrected chi connectivity index (χ0v) is 12.1. The second-order valence-electron chi connectivity index (χ2n) is 5.57. The highest BCUT2D eigenvalue weighted by molar-refractivity contribution is 6.21. The molecule has 3 rings (SSSR count). The number of hydrogen-bond acceptors (Lipinski definition) is 5. The van der Waals surface area contributed by atoms with Crippen molar-refractivity contribution in [2.45, 2.75) is 20.0 Å². The summed E-state index contributed by atoms with van der Waals surface area (Å²) < 4.78 is 1.37. The average Bonchev–Trinajstić information content (AvgIpc) is 3.10. The van der Waals surface area contributed by atoms with E-state index in [0.717, 1.165) is 0 Å². The van der Waals surface area contributed by atoms with E-state index in [9.17, 15) is 9.59 Å². The van der Waals surface area contributed by atoms with Gasteiger partial charge in [-0.1, -0.05) is 0 Å². The minimum Gasteiger partial charge on any atom is -0.294 e. The molecule has 0 aliphatic carbocycles. The number of nitriles is 1. The minimum absolute atomic E-state index is 0.243. The number of carbonyl (C=O) groups excluding carboxylic acids is 2. The predicted octanol–water partition coefficient (Wildman–Crippen LogP) is 1.29. The van der Waals surface area contributed by atoms with Gasteiger partial charge >= 0.3 is 0 Å². The fraction of sp³-hybridized carbons (Fsp3) is 0.267. The molecule has 0 bridgehead atoms. The minimum atomic E-state index is -1.13. The van der Waals surface area contributed by atoms with Gasteiger partial charge in [0.05, 0.1) is 11.6 Å². The molecule has 1 aromatic heterocycles. The van der Waals surface area contributed by atoms with Crippen molar-refractivity contribution in [3.63, 3.8) is 0 Å². The average molecular weight is 295 g/mol. The fourth-order valence-electron chi connectivity index (χ4n) is 2.49. The highest BCUT2D eigenvalue weighted by atomic mass is 16.2. The van der Waals surface area contributed by atoms with E-state index < -0.39 is 11.6 Å². The SMILES string of the molecule is CC1(C)C(=O)C(n2cncn2)N(c2ccc(C#N)cc2)C1=O. The van der Waals surface area contributed by atoms with E-state index in [2.05, 4.69) is 10.1 Å². The summed E-state index contributed by atoms with van der Waals surface area (Å²) in [4.78, 5) is 30.6. The number of hydrogen-bond donors (Lipinski definition) is 0. The Morgan fingerprint density at radius 2 is 1.91 bits per heavy atom. The first kappa shape index (κ1) is 13.9. The first-order valence-electron chi connectivity index (χ1n) is 6.69. The van der Waals surface area contributed by atoms with Crippen LogP contribution in [-0.2, 0) is 9.59 Å². The van der Waals surface area contributed by atoms with Crippen molar-refractivity contribution in [2.75, 3.05) is 4.90 Å². The Hall–Kier alpha value is -3.01. The molecule has 7 heteroatoms. The van der Waals surface area contributed by atoms with Gasteiger partial charge in [0.2, 0.25) is 5.91 Å². The van der Waals surface area contributed by atoms with Gasteiger partial charge in [-0.15, -0.1) is 0 Å². The third-order valence-corrected chi connectivity index (χ3v) is 3.81. The zero-order chi connectivity index (χ0) is 15.9. The van der Waals surface area contributed by atoms with Crippen LogP contribution in [-0.4, -0.2) is 26.5 Å². The molecule has 22 heavy (non-hydrogen) atoms. The van der Waals surface area contributed by atoms with Gasteiger partial charge < -0.3 is 0 Å². The van der Waals surface area contributed by atoms with Crippen LogP contribution in [0.1, 0.15) is 25.6 Å². The van der Waals surface area contributed by atoms with E-state index in [4.69, 9.17) is 5.26 Å². The number of nitrogens with zero attached hydrogens (tertiary/aromatic N) is 5. The number of anilines is 1. The number of ketones is 1. The summed E-state index contributed by atoms with van der Waals surface area (Å²) in [7, 11) is 0. The van der Waals surface area contributed by atoms with Crippen molar-refractivity contribution in [3.05, 3.63) is 42.5 Å². The molecule has 2 aromatic rings. The summed E-state index contributed by atoms with van der Waals surface area (Å²) >= 11 is 0. The summed E-state index contributed by atoms with van der Waals surface area (Å²) in [5.74, 6) is -0.546. The molecule has 110 valence electrons. The van der Waals surface area contributed by atoms with Gasteiger partial charge in [-0.05, 0) is 38.1 Å². The molecule has 1 unspecified atom stereocenters. The van der Waals surface area contributed by atoms with E-state index in [1.165, 1.54) is 22.2 Å². The van der Waals surface area contributed by atoms with Crippen LogP contribution in [0.5, 0.6) is 0 Å². The van der Waals surface area contributed by atoms with Gasteiger partial charge in [0.15, 0.2) is 11.9 Å². The molecule has 1 aromatic carbocycles. The van der Waals surface area contributed by atoms with Gasteiger partial charge in [-0.25, -0.2) is 9.67 Å². The molecule has 1 fully saturated rings. The zero-order valence-electron chi connectivity index (χ0n) is 12.1. The monoisotopic (exact) mass is 295 g/mol. The molecule has 0 saturated carbocycles. The number of aromatic nitrogens is 3. The standard InChI is InChI=1S/C15H13N5O2/c1-15(2)12(21)13(19-9-17-8-18-19)20(14(15)22)11-5-3-10(7-16)4-6-11/h3-6,8-9,13H,1-2H3. The smallest absolute Gasteiger partial charge is 0.242 e. The maximum Gasteiger partial charge on any atom is 0.242 e. The third-order valence-electron chi connectivity index (χ3n) is 3.81. The van der Waals surface area contributed by atoms with Gasteiger partial charge in [0.1, 0.15) is 18.1 Å².